The van der Waals surface area contributed by atoms with Crippen molar-refractivity contribution in [3.05, 3.63) is 112 Å². The van der Waals surface area contributed by atoms with Gasteiger partial charge >= 0.3 is 0 Å². The Morgan fingerprint density at radius 1 is 1.00 bits per heavy atom. The first-order valence-corrected chi connectivity index (χ1v) is 10.9. The molecule has 0 saturated heterocycles. The van der Waals surface area contributed by atoms with Crippen molar-refractivity contribution >= 4 is 17.2 Å². The molecular weight excluding hydrogens is 432 g/mol. The third-order valence-electron chi connectivity index (χ3n) is 4.82. The van der Waals surface area contributed by atoms with Gasteiger partial charge in [-0.2, -0.15) is 0 Å². The first kappa shape index (κ1) is 21.9. The van der Waals surface area contributed by atoms with Crippen LogP contribution in [0.1, 0.15) is 32.4 Å². The number of benzene rings is 2. The number of carbonyl (C=O) groups is 1. The van der Waals surface area contributed by atoms with Crippen LogP contribution in [-0.4, -0.2) is 15.8 Å². The van der Waals surface area contributed by atoms with Crippen LogP contribution in [0.5, 0.6) is 0 Å². The minimum atomic E-state index is -0.306. The fraction of sp³-hybridized carbons (Fsp3) is 0.167. The number of aromatic nitrogens is 1. The van der Waals surface area contributed by atoms with E-state index < -0.39 is 0 Å². The maximum absolute atomic E-state index is 14.2. The minimum absolute atomic E-state index is 0.280. The maximum Gasteiger partial charge on any atom is 0.271 e. The highest BCUT2D eigenvalue weighted by Gasteiger charge is 2.16. The topological polar surface area (TPSA) is 58.4 Å². The van der Waals surface area contributed by atoms with E-state index in [-0.39, 0.29) is 24.1 Å². The molecule has 0 aliphatic rings. The molecule has 164 valence electrons. The summed E-state index contributed by atoms with van der Waals surface area (Å²) < 4.78 is 32.7. The van der Waals surface area contributed by atoms with Crippen molar-refractivity contribution in [1.29, 1.82) is 0 Å². The van der Waals surface area contributed by atoms with Gasteiger partial charge in [0.25, 0.3) is 5.91 Å². The van der Waals surface area contributed by atoms with Crippen LogP contribution in [0.2, 0.25) is 0 Å². The third-order valence-corrected chi connectivity index (χ3v) is 5.65. The molecule has 1 amide bonds. The summed E-state index contributed by atoms with van der Waals surface area (Å²) in [5.74, 6) is -0.222. The van der Waals surface area contributed by atoms with Crippen molar-refractivity contribution in [2.45, 2.75) is 26.2 Å². The normalized spacial score (nSPS) is 11.1. The van der Waals surface area contributed by atoms with E-state index in [1.54, 1.807) is 54.1 Å². The number of thiazole rings is 1. The Morgan fingerprint density at radius 3 is 2.56 bits per heavy atom. The van der Waals surface area contributed by atoms with Crippen LogP contribution in [0.3, 0.4) is 0 Å². The monoisotopic (exact) mass is 453 g/mol. The summed E-state index contributed by atoms with van der Waals surface area (Å²) >= 11 is 1.37. The predicted octanol–water partition coefficient (Wildman–Crippen LogP) is 5.15. The van der Waals surface area contributed by atoms with Gasteiger partial charge in [-0.25, -0.2) is 13.8 Å². The van der Waals surface area contributed by atoms with Crippen LogP contribution in [0, 0.1) is 11.6 Å². The first-order chi connectivity index (χ1) is 15.6. The van der Waals surface area contributed by atoms with E-state index in [0.717, 1.165) is 10.6 Å². The molecule has 0 unspecified atom stereocenters. The smallest absolute Gasteiger partial charge is 0.271 e. The number of hydrogen-bond donors (Lipinski definition) is 1. The number of furan rings is 1. The summed E-state index contributed by atoms with van der Waals surface area (Å²) in [4.78, 5) is 18.8. The van der Waals surface area contributed by atoms with Crippen LogP contribution < -0.4 is 5.32 Å². The second-order valence-corrected chi connectivity index (χ2v) is 8.19. The van der Waals surface area contributed by atoms with Gasteiger partial charge in [-0.1, -0.05) is 30.3 Å². The standard InChI is InChI=1S/C24H21F2N3O2S/c25-19-9-7-17(8-10-19)13-29(14-18-4-1-2-6-21(18)26)15-23-28-22(16-32-23)24(30)27-12-20-5-3-11-31-20/h1-11,16H,12-15H2,(H,27,30). The molecule has 0 fully saturated rings. The number of rotatable bonds is 9. The maximum atomic E-state index is 14.2. The Labute approximate surface area is 188 Å². The Morgan fingerprint density at radius 2 is 1.81 bits per heavy atom. The van der Waals surface area contributed by atoms with Gasteiger partial charge in [-0.05, 0) is 35.9 Å². The van der Waals surface area contributed by atoms with Gasteiger partial charge in [-0.15, -0.1) is 11.3 Å². The molecule has 4 rings (SSSR count). The minimum Gasteiger partial charge on any atom is -0.467 e. The first-order valence-electron chi connectivity index (χ1n) is 10.0. The largest absolute Gasteiger partial charge is 0.467 e. The van der Waals surface area contributed by atoms with Crippen molar-refractivity contribution in [2.24, 2.45) is 0 Å². The molecule has 2 heterocycles. The number of nitrogens with one attached hydrogen (secondary N) is 1. The third kappa shape index (κ3) is 5.87. The zero-order valence-corrected chi connectivity index (χ0v) is 17.9. The average Bonchev–Trinajstić information content (AvgIpc) is 3.47. The summed E-state index contributed by atoms with van der Waals surface area (Å²) in [7, 11) is 0. The van der Waals surface area contributed by atoms with Crippen molar-refractivity contribution in [3.63, 3.8) is 0 Å². The van der Waals surface area contributed by atoms with Gasteiger partial charge in [0.15, 0.2) is 0 Å². The SMILES string of the molecule is O=C(NCc1ccco1)c1csc(CN(Cc2ccc(F)cc2)Cc2ccccc2F)n1. The zero-order valence-electron chi connectivity index (χ0n) is 17.1. The van der Waals surface area contributed by atoms with E-state index in [1.165, 1.54) is 29.5 Å². The Bertz CT molecular complexity index is 1160. The lowest BCUT2D eigenvalue weighted by atomic mass is 10.1. The van der Waals surface area contributed by atoms with Gasteiger partial charge in [0.1, 0.15) is 28.1 Å². The quantitative estimate of drug-likeness (QED) is 0.381. The Kier molecular flexibility index (Phi) is 7.03. The molecule has 0 spiro atoms. The fourth-order valence-corrected chi connectivity index (χ4v) is 4.05. The van der Waals surface area contributed by atoms with Gasteiger partial charge in [0, 0.05) is 24.0 Å². The second-order valence-electron chi connectivity index (χ2n) is 7.25. The molecule has 0 bridgehead atoms. The molecule has 8 heteroatoms. The van der Waals surface area contributed by atoms with E-state index in [1.807, 2.05) is 4.90 Å². The molecule has 0 saturated carbocycles. The molecule has 2 aromatic carbocycles. The van der Waals surface area contributed by atoms with E-state index in [9.17, 15) is 13.6 Å². The number of amides is 1. The van der Waals surface area contributed by atoms with Crippen molar-refractivity contribution in [1.82, 2.24) is 15.2 Å². The summed E-state index contributed by atoms with van der Waals surface area (Å²) in [6.45, 7) is 1.53. The van der Waals surface area contributed by atoms with Crippen LogP contribution in [0.4, 0.5) is 8.78 Å². The van der Waals surface area contributed by atoms with Crippen LogP contribution >= 0.6 is 11.3 Å². The van der Waals surface area contributed by atoms with Crippen LogP contribution in [-0.2, 0) is 26.2 Å². The summed E-state index contributed by atoms with van der Waals surface area (Å²) in [6, 6.07) is 16.4. The second kappa shape index (κ2) is 10.3. The molecule has 5 nitrogen and oxygen atoms in total. The highest BCUT2D eigenvalue weighted by atomic mass is 32.1. The van der Waals surface area contributed by atoms with Gasteiger partial charge in [-0.3, -0.25) is 9.69 Å². The summed E-state index contributed by atoms with van der Waals surface area (Å²) in [5, 5.41) is 5.20. The lowest BCUT2D eigenvalue weighted by molar-refractivity contribution is 0.0943. The van der Waals surface area contributed by atoms with Crippen molar-refractivity contribution < 1.29 is 18.0 Å². The van der Waals surface area contributed by atoms with Crippen molar-refractivity contribution in [2.75, 3.05) is 0 Å². The molecular formula is C24H21F2N3O2S. The number of carbonyl (C=O) groups excluding carboxylic acids is 1. The van der Waals surface area contributed by atoms with Crippen LogP contribution in [0.25, 0.3) is 0 Å². The number of nitrogens with zero attached hydrogens (tertiary/aromatic N) is 2. The predicted molar refractivity (Wildman–Crippen MR) is 118 cm³/mol. The Balaban J connectivity index is 1.45. The molecule has 4 aromatic rings. The van der Waals surface area contributed by atoms with Crippen molar-refractivity contribution in [3.8, 4) is 0 Å². The van der Waals surface area contributed by atoms with Gasteiger partial charge < -0.3 is 9.73 Å². The van der Waals surface area contributed by atoms with E-state index >= 15 is 0 Å². The fourth-order valence-electron chi connectivity index (χ4n) is 3.23. The lowest BCUT2D eigenvalue weighted by Crippen LogP contribution is -2.24. The molecule has 0 aliphatic heterocycles. The highest BCUT2D eigenvalue weighted by molar-refractivity contribution is 7.09. The molecule has 32 heavy (non-hydrogen) atoms. The zero-order chi connectivity index (χ0) is 22.3. The highest BCUT2D eigenvalue weighted by Crippen LogP contribution is 2.19. The average molecular weight is 454 g/mol. The van der Waals surface area contributed by atoms with E-state index in [0.29, 0.717) is 36.7 Å². The lowest BCUT2D eigenvalue weighted by Gasteiger charge is -2.22. The molecule has 1 N–H and O–H groups in total. The molecule has 0 aliphatic carbocycles. The Hall–Kier alpha value is -3.36. The van der Waals surface area contributed by atoms with Crippen LogP contribution in [0.15, 0.2) is 76.7 Å². The molecule has 2 aromatic heterocycles. The van der Waals surface area contributed by atoms with Gasteiger partial charge in [0.2, 0.25) is 0 Å². The summed E-state index contributed by atoms with van der Waals surface area (Å²) in [6.07, 6.45) is 1.55. The van der Waals surface area contributed by atoms with E-state index in [2.05, 4.69) is 10.3 Å². The number of halogens is 2. The van der Waals surface area contributed by atoms with Gasteiger partial charge in [0.05, 0.1) is 19.4 Å². The molecule has 0 atom stereocenters. The number of hydrogen-bond acceptors (Lipinski definition) is 5. The molecule has 0 radical (unpaired) electrons. The van der Waals surface area contributed by atoms with E-state index in [4.69, 9.17) is 4.42 Å². The summed E-state index contributed by atoms with van der Waals surface area (Å²) in [5.41, 5.74) is 1.78.